The van der Waals surface area contributed by atoms with Gasteiger partial charge in [-0.3, -0.25) is 4.98 Å². The second kappa shape index (κ2) is 5.65. The van der Waals surface area contributed by atoms with Crippen LogP contribution in [0.5, 0.6) is 0 Å². The second-order valence-electron chi connectivity index (χ2n) is 4.75. The van der Waals surface area contributed by atoms with Crippen LogP contribution in [0.4, 0.5) is 5.82 Å². The lowest BCUT2D eigenvalue weighted by atomic mass is 10.2. The summed E-state index contributed by atoms with van der Waals surface area (Å²) in [5, 5.41) is 0. The van der Waals surface area contributed by atoms with E-state index in [0.29, 0.717) is 11.9 Å². The zero-order valence-corrected chi connectivity index (χ0v) is 11.2. The Morgan fingerprint density at radius 3 is 3.00 bits per heavy atom. The third-order valence-electron chi connectivity index (χ3n) is 3.06. The van der Waals surface area contributed by atoms with Crippen LogP contribution in [0.15, 0.2) is 12.4 Å². The van der Waals surface area contributed by atoms with Crippen molar-refractivity contribution in [2.45, 2.75) is 24.8 Å². The van der Waals surface area contributed by atoms with E-state index in [1.54, 1.807) is 6.20 Å². The van der Waals surface area contributed by atoms with E-state index in [1.807, 2.05) is 6.20 Å². The third kappa shape index (κ3) is 3.07. The molecule has 5 heteroatoms. The lowest BCUT2D eigenvalue weighted by Crippen LogP contribution is -2.38. The minimum absolute atomic E-state index is 0.424. The van der Waals surface area contributed by atoms with Crippen LogP contribution >= 0.6 is 11.6 Å². The highest BCUT2D eigenvalue weighted by Gasteiger charge is 2.26. The lowest BCUT2D eigenvalue weighted by Gasteiger charge is -2.27. The van der Waals surface area contributed by atoms with Crippen LogP contribution in [0.1, 0.15) is 18.5 Å². The zero-order chi connectivity index (χ0) is 12.3. The summed E-state index contributed by atoms with van der Waals surface area (Å²) in [4.78, 5) is 13.3. The van der Waals surface area contributed by atoms with Crippen molar-refractivity contribution in [3.05, 3.63) is 18.1 Å². The van der Waals surface area contributed by atoms with Gasteiger partial charge >= 0.3 is 0 Å². The van der Waals surface area contributed by atoms with Crippen molar-refractivity contribution in [2.75, 3.05) is 32.1 Å². The predicted molar refractivity (Wildman–Crippen MR) is 70.5 cm³/mol. The smallest absolute Gasteiger partial charge is 0.147 e. The molecule has 0 aromatic carbocycles. The first-order valence-electron chi connectivity index (χ1n) is 5.99. The molecule has 1 aliphatic heterocycles. The van der Waals surface area contributed by atoms with Gasteiger partial charge in [-0.1, -0.05) is 0 Å². The molecule has 1 aromatic heterocycles. The van der Waals surface area contributed by atoms with E-state index in [9.17, 15) is 0 Å². The molecule has 1 aliphatic rings. The molecule has 2 rings (SSSR count). The van der Waals surface area contributed by atoms with E-state index in [0.717, 1.165) is 24.6 Å². The number of hydrogen-bond donors (Lipinski definition) is 0. The molecular formula is C12H19ClN4. The Labute approximate surface area is 108 Å². The first-order chi connectivity index (χ1) is 8.20. The van der Waals surface area contributed by atoms with Gasteiger partial charge in [-0.25, -0.2) is 4.98 Å². The van der Waals surface area contributed by atoms with Crippen molar-refractivity contribution < 1.29 is 0 Å². The van der Waals surface area contributed by atoms with Crippen LogP contribution in [0, 0.1) is 0 Å². The first-order valence-corrected chi connectivity index (χ1v) is 6.52. The highest BCUT2D eigenvalue weighted by Crippen LogP contribution is 2.23. The van der Waals surface area contributed by atoms with E-state index in [4.69, 9.17) is 11.6 Å². The maximum absolute atomic E-state index is 5.80. The number of halogens is 1. The van der Waals surface area contributed by atoms with Crippen LogP contribution in [0.25, 0.3) is 0 Å². The molecule has 1 saturated heterocycles. The fourth-order valence-electron chi connectivity index (χ4n) is 2.35. The summed E-state index contributed by atoms with van der Waals surface area (Å²) in [6.45, 7) is 2.13. The Morgan fingerprint density at radius 2 is 2.29 bits per heavy atom. The average Bonchev–Trinajstić information content (AvgIpc) is 2.76. The normalized spacial score (nSPS) is 20.2. The second-order valence-corrected chi connectivity index (χ2v) is 5.02. The number of hydrogen-bond acceptors (Lipinski definition) is 4. The summed E-state index contributed by atoms with van der Waals surface area (Å²) in [5.74, 6) is 1.39. The molecule has 94 valence electrons. The maximum Gasteiger partial charge on any atom is 0.147 e. The molecule has 17 heavy (non-hydrogen) atoms. The molecule has 0 bridgehead atoms. The van der Waals surface area contributed by atoms with E-state index in [2.05, 4.69) is 33.9 Å². The van der Waals surface area contributed by atoms with Crippen molar-refractivity contribution in [3.8, 4) is 0 Å². The molecule has 0 amide bonds. The van der Waals surface area contributed by atoms with E-state index in [-0.39, 0.29) is 0 Å². The van der Waals surface area contributed by atoms with E-state index < -0.39 is 0 Å². The predicted octanol–water partition coefficient (Wildman–Crippen LogP) is 1.75. The molecule has 0 aliphatic carbocycles. The lowest BCUT2D eigenvalue weighted by molar-refractivity contribution is 0.371. The Bertz CT molecular complexity index is 369. The van der Waals surface area contributed by atoms with Crippen LogP contribution in [-0.4, -0.2) is 48.1 Å². The van der Waals surface area contributed by atoms with Crippen molar-refractivity contribution in [1.29, 1.82) is 0 Å². The fourth-order valence-corrected chi connectivity index (χ4v) is 2.47. The molecule has 1 unspecified atom stereocenters. The zero-order valence-electron chi connectivity index (χ0n) is 10.4. The fraction of sp³-hybridized carbons (Fsp3) is 0.667. The van der Waals surface area contributed by atoms with Gasteiger partial charge < -0.3 is 9.80 Å². The number of rotatable bonds is 4. The molecule has 0 N–H and O–H groups in total. The van der Waals surface area contributed by atoms with Crippen LogP contribution in [0.3, 0.4) is 0 Å². The maximum atomic E-state index is 5.80. The number of likely N-dealkylation sites (N-methyl/N-ethyl adjacent to an activating group) is 1. The topological polar surface area (TPSA) is 32.3 Å². The Balaban J connectivity index is 2.14. The molecule has 4 nitrogen and oxygen atoms in total. The van der Waals surface area contributed by atoms with Gasteiger partial charge in [0.25, 0.3) is 0 Å². The van der Waals surface area contributed by atoms with E-state index in [1.165, 1.54) is 12.8 Å². The summed E-state index contributed by atoms with van der Waals surface area (Å²) in [6.07, 6.45) is 6.02. The molecular weight excluding hydrogens is 236 g/mol. The molecule has 1 aromatic rings. The molecule has 0 spiro atoms. The van der Waals surface area contributed by atoms with Gasteiger partial charge in [0, 0.05) is 25.3 Å². The van der Waals surface area contributed by atoms with Gasteiger partial charge in [0.05, 0.1) is 17.8 Å². The van der Waals surface area contributed by atoms with Gasteiger partial charge in [0.1, 0.15) is 5.82 Å². The van der Waals surface area contributed by atoms with Crippen molar-refractivity contribution in [1.82, 2.24) is 14.9 Å². The largest absolute Gasteiger partial charge is 0.351 e. The van der Waals surface area contributed by atoms with Gasteiger partial charge in [-0.15, -0.1) is 11.6 Å². The van der Waals surface area contributed by atoms with Crippen molar-refractivity contribution in [3.63, 3.8) is 0 Å². The summed E-state index contributed by atoms with van der Waals surface area (Å²) < 4.78 is 0. The molecule has 0 saturated carbocycles. The Kier molecular flexibility index (Phi) is 4.18. The van der Waals surface area contributed by atoms with E-state index >= 15 is 0 Å². The van der Waals surface area contributed by atoms with Gasteiger partial charge in [-0.2, -0.15) is 0 Å². The molecule has 1 atom stereocenters. The third-order valence-corrected chi connectivity index (χ3v) is 3.33. The summed E-state index contributed by atoms with van der Waals surface area (Å²) >= 11 is 5.80. The monoisotopic (exact) mass is 254 g/mol. The van der Waals surface area contributed by atoms with Crippen molar-refractivity contribution in [2.24, 2.45) is 0 Å². The first kappa shape index (κ1) is 12.6. The van der Waals surface area contributed by atoms with Gasteiger partial charge in [0.15, 0.2) is 0 Å². The van der Waals surface area contributed by atoms with Crippen LogP contribution in [0.2, 0.25) is 0 Å². The highest BCUT2D eigenvalue weighted by atomic mass is 35.5. The number of anilines is 1. The number of nitrogens with zero attached hydrogens (tertiary/aromatic N) is 4. The average molecular weight is 255 g/mol. The minimum atomic E-state index is 0.424. The van der Waals surface area contributed by atoms with Gasteiger partial charge in [-0.05, 0) is 26.9 Å². The minimum Gasteiger partial charge on any atom is -0.351 e. The quantitative estimate of drug-likeness (QED) is 0.767. The highest BCUT2D eigenvalue weighted by molar-refractivity contribution is 6.16. The molecule has 1 fully saturated rings. The van der Waals surface area contributed by atoms with Crippen LogP contribution < -0.4 is 4.90 Å². The molecule has 0 radical (unpaired) electrons. The summed E-state index contributed by atoms with van der Waals surface area (Å²) in [6, 6.07) is 0.546. The standard InChI is InChI=1S/C12H19ClN4/c1-16(2)9-11-4-3-5-17(11)12-8-14-7-10(6-13)15-12/h7-8,11H,3-6,9H2,1-2H3. The number of alkyl halides is 1. The van der Waals surface area contributed by atoms with Gasteiger partial charge in [0.2, 0.25) is 0 Å². The number of aromatic nitrogens is 2. The summed E-state index contributed by atoms with van der Waals surface area (Å²) in [7, 11) is 4.22. The Morgan fingerprint density at radius 1 is 1.47 bits per heavy atom. The Hall–Kier alpha value is -0.870. The van der Waals surface area contributed by atoms with Crippen LogP contribution in [-0.2, 0) is 5.88 Å². The summed E-state index contributed by atoms with van der Waals surface area (Å²) in [5.41, 5.74) is 0.847. The molecule has 2 heterocycles. The van der Waals surface area contributed by atoms with Crippen molar-refractivity contribution >= 4 is 17.4 Å². The SMILES string of the molecule is CN(C)CC1CCCN1c1cncc(CCl)n1.